The van der Waals surface area contributed by atoms with Crippen molar-refractivity contribution in [1.82, 2.24) is 4.98 Å². The van der Waals surface area contributed by atoms with Gasteiger partial charge in [0, 0.05) is 10.5 Å². The summed E-state index contributed by atoms with van der Waals surface area (Å²) in [6.07, 6.45) is 0. The molecule has 3 N–H and O–H groups in total. The Hall–Kier alpha value is -2.18. The van der Waals surface area contributed by atoms with Crippen molar-refractivity contribution in [2.24, 2.45) is 10.9 Å². The van der Waals surface area contributed by atoms with Gasteiger partial charge in [-0.25, -0.2) is 4.98 Å². The number of fused-ring (bicyclic) bond motifs is 1. The molecule has 0 saturated carbocycles. The number of nitrogens with two attached hydrogens (primary N) is 1. The number of aromatic nitrogens is 1. The molecule has 0 aliphatic carbocycles. The van der Waals surface area contributed by atoms with Gasteiger partial charge in [0.05, 0.1) is 5.02 Å². The second-order valence-electron chi connectivity index (χ2n) is 4.18. The molecule has 2 aromatic carbocycles. The molecule has 0 unspecified atom stereocenters. The van der Waals surface area contributed by atoms with Crippen LogP contribution < -0.4 is 5.73 Å². The van der Waals surface area contributed by atoms with E-state index in [4.69, 9.17) is 27.0 Å². The Kier molecular flexibility index (Phi) is 3.72. The Labute approximate surface area is 129 Å². The molecular formula is C14H10ClN3O2S. The average Bonchev–Trinajstić information content (AvgIpc) is 2.88. The lowest BCUT2D eigenvalue weighted by molar-refractivity contribution is 0.318. The van der Waals surface area contributed by atoms with Gasteiger partial charge in [0.25, 0.3) is 5.22 Å². The number of amidine groups is 1. The summed E-state index contributed by atoms with van der Waals surface area (Å²) in [7, 11) is 0. The van der Waals surface area contributed by atoms with Crippen LogP contribution in [0.1, 0.15) is 5.56 Å². The molecular weight excluding hydrogens is 310 g/mol. The van der Waals surface area contributed by atoms with Crippen molar-refractivity contribution >= 4 is 40.3 Å². The van der Waals surface area contributed by atoms with Crippen molar-refractivity contribution in [2.45, 2.75) is 10.1 Å². The SMILES string of the molecule is NC(=NO)c1ccc(Sc2nc3ccccc3o2)cc1Cl. The number of halogens is 1. The predicted octanol–water partition coefficient (Wildman–Crippen LogP) is 3.73. The van der Waals surface area contributed by atoms with Crippen molar-refractivity contribution in [3.05, 3.63) is 53.1 Å². The van der Waals surface area contributed by atoms with Crippen LogP contribution in [-0.2, 0) is 0 Å². The molecule has 106 valence electrons. The number of nitrogens with zero attached hydrogens (tertiary/aromatic N) is 2. The fourth-order valence-corrected chi connectivity index (χ4v) is 2.95. The molecule has 3 rings (SSSR count). The summed E-state index contributed by atoms with van der Waals surface area (Å²) in [6, 6.07) is 12.8. The molecule has 7 heteroatoms. The summed E-state index contributed by atoms with van der Waals surface area (Å²) in [5.41, 5.74) is 7.54. The molecule has 0 bridgehead atoms. The van der Waals surface area contributed by atoms with Gasteiger partial charge in [-0.3, -0.25) is 0 Å². The maximum absolute atomic E-state index is 8.67. The van der Waals surface area contributed by atoms with E-state index in [1.807, 2.05) is 24.3 Å². The quantitative estimate of drug-likeness (QED) is 0.332. The van der Waals surface area contributed by atoms with Crippen molar-refractivity contribution < 1.29 is 9.62 Å². The summed E-state index contributed by atoms with van der Waals surface area (Å²) < 4.78 is 5.63. The van der Waals surface area contributed by atoms with E-state index >= 15 is 0 Å². The maximum Gasteiger partial charge on any atom is 0.261 e. The van der Waals surface area contributed by atoms with Crippen LogP contribution >= 0.6 is 23.4 Å². The van der Waals surface area contributed by atoms with Gasteiger partial charge in [-0.1, -0.05) is 28.9 Å². The van der Waals surface area contributed by atoms with Crippen LogP contribution in [0.4, 0.5) is 0 Å². The van der Waals surface area contributed by atoms with Gasteiger partial charge in [-0.2, -0.15) is 0 Å². The van der Waals surface area contributed by atoms with E-state index in [0.717, 1.165) is 16.0 Å². The van der Waals surface area contributed by atoms with Crippen LogP contribution in [0, 0.1) is 0 Å². The number of rotatable bonds is 3. The third-order valence-electron chi connectivity index (χ3n) is 2.80. The first-order valence-electron chi connectivity index (χ1n) is 5.98. The Bertz CT molecular complexity index is 799. The van der Waals surface area contributed by atoms with Crippen molar-refractivity contribution in [3.8, 4) is 0 Å². The summed E-state index contributed by atoms with van der Waals surface area (Å²) in [5, 5.41) is 12.5. The molecule has 0 saturated heterocycles. The first-order chi connectivity index (χ1) is 10.2. The van der Waals surface area contributed by atoms with E-state index in [1.54, 1.807) is 18.2 Å². The largest absolute Gasteiger partial charge is 0.431 e. The van der Waals surface area contributed by atoms with E-state index in [2.05, 4.69) is 10.1 Å². The maximum atomic E-state index is 8.67. The molecule has 0 amide bonds. The molecule has 0 spiro atoms. The molecule has 3 aromatic rings. The number of oxazole rings is 1. The number of benzene rings is 2. The summed E-state index contributed by atoms with van der Waals surface area (Å²) in [5.74, 6) is -0.0292. The monoisotopic (exact) mass is 319 g/mol. The number of para-hydroxylation sites is 2. The highest BCUT2D eigenvalue weighted by Gasteiger charge is 2.10. The van der Waals surface area contributed by atoms with Crippen molar-refractivity contribution in [3.63, 3.8) is 0 Å². The smallest absolute Gasteiger partial charge is 0.261 e. The minimum absolute atomic E-state index is 0.0292. The highest BCUT2D eigenvalue weighted by atomic mass is 35.5. The van der Waals surface area contributed by atoms with Crippen LogP contribution in [0.3, 0.4) is 0 Å². The Morgan fingerprint density at radius 3 is 2.81 bits per heavy atom. The number of hydrogen-bond donors (Lipinski definition) is 2. The minimum Gasteiger partial charge on any atom is -0.431 e. The van der Waals surface area contributed by atoms with Crippen LogP contribution in [0.2, 0.25) is 5.02 Å². The molecule has 0 aliphatic rings. The van der Waals surface area contributed by atoms with Gasteiger partial charge in [0.2, 0.25) is 0 Å². The molecule has 0 aliphatic heterocycles. The molecule has 0 radical (unpaired) electrons. The van der Waals surface area contributed by atoms with E-state index in [-0.39, 0.29) is 5.84 Å². The molecule has 0 fully saturated rings. The van der Waals surface area contributed by atoms with Gasteiger partial charge in [0.1, 0.15) is 5.52 Å². The van der Waals surface area contributed by atoms with E-state index in [9.17, 15) is 0 Å². The van der Waals surface area contributed by atoms with Crippen LogP contribution in [0.5, 0.6) is 0 Å². The van der Waals surface area contributed by atoms with Crippen molar-refractivity contribution in [1.29, 1.82) is 0 Å². The summed E-state index contributed by atoms with van der Waals surface area (Å²) >= 11 is 7.46. The summed E-state index contributed by atoms with van der Waals surface area (Å²) in [6.45, 7) is 0. The van der Waals surface area contributed by atoms with Crippen molar-refractivity contribution in [2.75, 3.05) is 0 Å². The fourth-order valence-electron chi connectivity index (χ4n) is 1.82. The molecule has 1 heterocycles. The predicted molar refractivity (Wildman–Crippen MR) is 82.1 cm³/mol. The van der Waals surface area contributed by atoms with Gasteiger partial charge < -0.3 is 15.4 Å². The number of hydrogen-bond acceptors (Lipinski definition) is 5. The Morgan fingerprint density at radius 2 is 2.10 bits per heavy atom. The fraction of sp³-hybridized carbons (Fsp3) is 0. The minimum atomic E-state index is -0.0292. The standard InChI is InChI=1S/C14H10ClN3O2S/c15-10-7-8(5-6-9(10)13(16)18-19)21-14-17-11-3-1-2-4-12(11)20-14/h1-7,19H,(H2,16,18). The van der Waals surface area contributed by atoms with Crippen LogP contribution in [-0.4, -0.2) is 16.0 Å². The lowest BCUT2D eigenvalue weighted by Gasteiger charge is -2.04. The van der Waals surface area contributed by atoms with Gasteiger partial charge >= 0.3 is 0 Å². The Morgan fingerprint density at radius 1 is 1.29 bits per heavy atom. The lowest BCUT2D eigenvalue weighted by Crippen LogP contribution is -2.13. The van der Waals surface area contributed by atoms with Gasteiger partial charge in [-0.15, -0.1) is 0 Å². The zero-order chi connectivity index (χ0) is 14.8. The topological polar surface area (TPSA) is 84.6 Å². The molecule has 0 atom stereocenters. The second-order valence-corrected chi connectivity index (χ2v) is 5.61. The zero-order valence-corrected chi connectivity index (χ0v) is 12.2. The van der Waals surface area contributed by atoms with Gasteiger partial charge in [0.15, 0.2) is 11.4 Å². The molecule has 21 heavy (non-hydrogen) atoms. The summed E-state index contributed by atoms with van der Waals surface area (Å²) in [4.78, 5) is 5.22. The third kappa shape index (κ3) is 2.81. The third-order valence-corrected chi connectivity index (χ3v) is 3.96. The highest BCUT2D eigenvalue weighted by Crippen LogP contribution is 2.32. The van der Waals surface area contributed by atoms with Crippen LogP contribution in [0.25, 0.3) is 11.1 Å². The van der Waals surface area contributed by atoms with E-state index < -0.39 is 0 Å². The first kappa shape index (κ1) is 13.8. The normalized spacial score (nSPS) is 12.0. The Balaban J connectivity index is 1.89. The van der Waals surface area contributed by atoms with Gasteiger partial charge in [-0.05, 0) is 42.1 Å². The number of oxime groups is 1. The first-order valence-corrected chi connectivity index (χ1v) is 7.17. The van der Waals surface area contributed by atoms with E-state index in [0.29, 0.717) is 15.8 Å². The van der Waals surface area contributed by atoms with Crippen LogP contribution in [0.15, 0.2) is 62.2 Å². The second kappa shape index (κ2) is 5.67. The molecule has 1 aromatic heterocycles. The molecule has 5 nitrogen and oxygen atoms in total. The highest BCUT2D eigenvalue weighted by molar-refractivity contribution is 7.99. The lowest BCUT2D eigenvalue weighted by atomic mass is 10.2. The average molecular weight is 320 g/mol. The zero-order valence-electron chi connectivity index (χ0n) is 10.7. The van der Waals surface area contributed by atoms with E-state index in [1.165, 1.54) is 11.8 Å².